The van der Waals surface area contributed by atoms with Crippen LogP contribution in [0.5, 0.6) is 0 Å². The van der Waals surface area contributed by atoms with E-state index in [1.807, 2.05) is 0 Å². The molecule has 0 aliphatic carbocycles. The molecular weight excluding hydrogens is 146 g/mol. The first-order valence-corrected chi connectivity index (χ1v) is 2.19. The van der Waals surface area contributed by atoms with Gasteiger partial charge in [-0.25, -0.2) is 0 Å². The predicted octanol–water partition coefficient (Wildman–Crippen LogP) is -2.83. The van der Waals surface area contributed by atoms with Crippen LogP contribution in [-0.2, 0) is 23.1 Å². The molecule has 0 N–H and O–H groups in total. The van der Waals surface area contributed by atoms with Crippen LogP contribution in [0.25, 0.3) is 0 Å². The van der Waals surface area contributed by atoms with E-state index < -0.39 is 7.82 Å². The minimum Gasteiger partial charge on any atom is -0.822 e. The van der Waals surface area contributed by atoms with Gasteiger partial charge in [0.05, 0.1) is 0 Å². The Hall–Kier alpha value is 0.694. The fourth-order valence-corrected chi connectivity index (χ4v) is 0. The Kier molecular flexibility index (Phi) is 4.60. The van der Waals surface area contributed by atoms with Crippen LogP contribution >= 0.6 is 7.82 Å². The summed E-state index contributed by atoms with van der Waals surface area (Å²) in [6.07, 6.45) is 0. The zero-order valence-electron chi connectivity index (χ0n) is 2.53. The molecule has 0 aromatic heterocycles. The van der Waals surface area contributed by atoms with Gasteiger partial charge in [0, 0.05) is 18.6 Å². The Bertz CT molecular complexity index is 53.7. The molecule has 0 aliphatic rings. The van der Waals surface area contributed by atoms with Gasteiger partial charge in [0.25, 0.3) is 0 Å². The van der Waals surface area contributed by atoms with Gasteiger partial charge in [0.1, 0.15) is 0 Å². The normalized spacial score (nSPS) is 9.83. The van der Waals surface area contributed by atoms with Crippen LogP contribution in [0, 0.1) is 0 Å². The average molecular weight is 146 g/mol. The molecule has 0 amide bonds. The van der Waals surface area contributed by atoms with Gasteiger partial charge in [-0.1, -0.05) is 0 Å². The average Bonchev–Trinajstić information content (AvgIpc) is 0.722. The smallest absolute Gasteiger partial charge is 0 e. The third kappa shape index (κ3) is 133. The van der Waals surface area contributed by atoms with E-state index in [1.54, 1.807) is 0 Å². The fourth-order valence-electron chi connectivity index (χ4n) is 0. The van der Waals surface area contributed by atoms with Crippen LogP contribution < -0.4 is 14.7 Å². The molecule has 0 saturated carbocycles. The maximum Gasteiger partial charge on any atom is 0 e. The minimum atomic E-state index is -5.39. The van der Waals surface area contributed by atoms with Crippen LogP contribution in [0.4, 0.5) is 0 Å². The van der Waals surface area contributed by atoms with E-state index in [0.29, 0.717) is 0 Å². The van der Waals surface area contributed by atoms with Gasteiger partial charge < -0.3 is 19.2 Å². The van der Waals surface area contributed by atoms with Crippen LogP contribution in [0.15, 0.2) is 0 Å². The minimum absolute atomic E-state index is 0. The number of phosphoric acid groups is 1. The Balaban J connectivity index is 0. The van der Waals surface area contributed by atoms with Gasteiger partial charge in [-0.05, 0) is 0 Å². The molecule has 0 aliphatic heterocycles. The maximum atomic E-state index is 8.55. The van der Waals surface area contributed by atoms with Gasteiger partial charge in [-0.3, -0.25) is 0 Å². The van der Waals surface area contributed by atoms with Crippen LogP contribution in [-0.4, -0.2) is 0 Å². The third-order valence-corrected chi connectivity index (χ3v) is 0. The van der Waals surface area contributed by atoms with Gasteiger partial charge in [0.15, 0.2) is 0 Å². The van der Waals surface area contributed by atoms with E-state index in [1.165, 1.54) is 0 Å². The molecule has 1 radical (unpaired) electrons. The monoisotopic (exact) mass is 146 g/mol. The quantitative estimate of drug-likeness (QED) is 0.344. The molecule has 0 heterocycles. The van der Waals surface area contributed by atoms with E-state index in [4.69, 9.17) is 19.2 Å². The molecule has 0 spiro atoms. The molecule has 37 valence electrons. The van der Waals surface area contributed by atoms with Crippen molar-refractivity contribution in [2.75, 3.05) is 0 Å². The van der Waals surface area contributed by atoms with E-state index in [2.05, 4.69) is 0 Å². The Morgan fingerprint density at radius 3 is 1.17 bits per heavy atom. The predicted molar refractivity (Wildman–Crippen MR) is 7.61 cm³/mol. The summed E-state index contributed by atoms with van der Waals surface area (Å²) in [6, 6.07) is 0. The summed E-state index contributed by atoms with van der Waals surface area (Å²) in [6.45, 7) is 0. The van der Waals surface area contributed by atoms with E-state index in [9.17, 15) is 0 Å². The molecule has 6 heavy (non-hydrogen) atoms. The summed E-state index contributed by atoms with van der Waals surface area (Å²) in [5, 5.41) is 0. The van der Waals surface area contributed by atoms with Crippen molar-refractivity contribution in [2.45, 2.75) is 0 Å². The summed E-state index contributed by atoms with van der Waals surface area (Å²) in [4.78, 5) is 25.6. The molecule has 4 nitrogen and oxygen atoms in total. The summed E-state index contributed by atoms with van der Waals surface area (Å²) in [5.74, 6) is 0. The molecule has 0 bridgehead atoms. The standard InChI is InChI=1S/H3O4P.V/c1-5(2,3)4;/h(H3,1,2,3,4);/p-3. The Morgan fingerprint density at radius 2 is 1.17 bits per heavy atom. The van der Waals surface area contributed by atoms with Gasteiger partial charge in [-0.15, -0.1) is 0 Å². The molecule has 0 atom stereocenters. The zero-order valence-corrected chi connectivity index (χ0v) is 4.82. The first kappa shape index (κ1) is 9.85. The topological polar surface area (TPSA) is 86.2 Å². The molecule has 6 heteroatoms. The van der Waals surface area contributed by atoms with E-state index in [0.717, 1.165) is 0 Å². The van der Waals surface area contributed by atoms with E-state index in [-0.39, 0.29) is 18.6 Å². The summed E-state index contributed by atoms with van der Waals surface area (Å²) in [5.41, 5.74) is 0. The van der Waals surface area contributed by atoms with E-state index >= 15 is 0 Å². The molecule has 0 aromatic carbocycles. The molecule has 0 unspecified atom stereocenters. The Labute approximate surface area is 46.3 Å². The van der Waals surface area contributed by atoms with Crippen molar-refractivity contribution in [3.8, 4) is 0 Å². The molecular formula is O4PV-3. The van der Waals surface area contributed by atoms with Crippen LogP contribution in [0.1, 0.15) is 0 Å². The third-order valence-electron chi connectivity index (χ3n) is 0. The fraction of sp³-hybridized carbons (Fsp3) is 0. The Morgan fingerprint density at radius 1 is 1.17 bits per heavy atom. The number of rotatable bonds is 0. The van der Waals surface area contributed by atoms with Gasteiger partial charge in [0.2, 0.25) is 0 Å². The first-order valence-electron chi connectivity index (χ1n) is 0.730. The van der Waals surface area contributed by atoms with Crippen LogP contribution in [0.2, 0.25) is 0 Å². The van der Waals surface area contributed by atoms with Crippen molar-refractivity contribution in [1.82, 2.24) is 0 Å². The number of hydrogen-bond donors (Lipinski definition) is 0. The van der Waals surface area contributed by atoms with Crippen molar-refractivity contribution in [2.24, 2.45) is 0 Å². The van der Waals surface area contributed by atoms with Crippen molar-refractivity contribution in [3.63, 3.8) is 0 Å². The van der Waals surface area contributed by atoms with Crippen molar-refractivity contribution < 1.29 is 37.8 Å². The molecule has 0 aromatic rings. The maximum absolute atomic E-state index is 8.55. The molecule has 0 rings (SSSR count). The second-order valence-corrected chi connectivity index (χ2v) is 1.34. The first-order chi connectivity index (χ1) is 2.00. The number of hydrogen-bond acceptors (Lipinski definition) is 4. The molecule has 0 saturated heterocycles. The summed E-state index contributed by atoms with van der Waals surface area (Å²) < 4.78 is 8.55. The van der Waals surface area contributed by atoms with Crippen molar-refractivity contribution >= 4 is 7.82 Å². The SMILES string of the molecule is O=P([O-])([O-])[O-].[V]. The zero-order chi connectivity index (χ0) is 4.50. The van der Waals surface area contributed by atoms with Gasteiger partial charge in [-0.2, -0.15) is 7.82 Å². The van der Waals surface area contributed by atoms with Gasteiger partial charge >= 0.3 is 0 Å². The van der Waals surface area contributed by atoms with Crippen LogP contribution in [0.3, 0.4) is 0 Å². The van der Waals surface area contributed by atoms with Crippen molar-refractivity contribution in [3.05, 3.63) is 0 Å². The van der Waals surface area contributed by atoms with Crippen molar-refractivity contribution in [1.29, 1.82) is 0 Å². The largest absolute Gasteiger partial charge is 0.822 e. The second-order valence-electron chi connectivity index (χ2n) is 0.447. The summed E-state index contributed by atoms with van der Waals surface area (Å²) in [7, 11) is -5.39. The second kappa shape index (κ2) is 2.80. The summed E-state index contributed by atoms with van der Waals surface area (Å²) >= 11 is 0. The molecule has 0 fully saturated rings.